The van der Waals surface area contributed by atoms with Crippen molar-refractivity contribution < 1.29 is 24.2 Å². The molecule has 0 aromatic carbocycles. The molecule has 246 valence electrons. The quantitative estimate of drug-likeness (QED) is 0.0787. The highest BCUT2D eigenvalue weighted by molar-refractivity contribution is 7.75. The Morgan fingerprint density at radius 3 is 1.41 bits per heavy atom. The number of hydrogen-bond donors (Lipinski definition) is 1. The summed E-state index contributed by atoms with van der Waals surface area (Å²) >= 11 is 0. The zero-order valence-electron chi connectivity index (χ0n) is 28.8. The van der Waals surface area contributed by atoms with Gasteiger partial charge in [-0.05, 0) is 43.9 Å². The third kappa shape index (κ3) is 23.5. The number of carbonyl (C=O) groups excluding carboxylic acids is 2. The molecule has 0 aromatic rings. The van der Waals surface area contributed by atoms with Gasteiger partial charge < -0.3 is 14.6 Å². The minimum Gasteiger partial charge on any atom is -0.465 e. The van der Waals surface area contributed by atoms with E-state index >= 15 is 0 Å². The second kappa shape index (κ2) is 29.4. The molecular formula is C35H72O5P+. The maximum atomic E-state index is 12.1. The minimum atomic E-state index is -0.796. The third-order valence-electron chi connectivity index (χ3n) is 8.44. The van der Waals surface area contributed by atoms with Gasteiger partial charge in [0, 0.05) is 7.26 Å². The highest BCUT2D eigenvalue weighted by Gasteiger charge is 2.34. The maximum Gasteiger partial charge on any atom is 0.309 e. The van der Waals surface area contributed by atoms with Gasteiger partial charge in [-0.25, -0.2) is 0 Å². The topological polar surface area (TPSA) is 72.8 Å². The first-order chi connectivity index (χ1) is 19.7. The number of rotatable bonds is 26. The molecule has 3 unspecified atom stereocenters. The Kier molecular flexibility index (Phi) is 30.5. The first kappa shape index (κ1) is 42.5. The molecule has 0 saturated carbocycles. The summed E-state index contributed by atoms with van der Waals surface area (Å²) in [5, 5.41) is 9.33. The number of aliphatic hydroxyl groups is 1. The van der Waals surface area contributed by atoms with Crippen LogP contribution >= 0.6 is 7.26 Å². The molecule has 3 atom stereocenters. The molecule has 6 heteroatoms. The predicted octanol–water partition coefficient (Wildman–Crippen LogP) is 9.93. The van der Waals surface area contributed by atoms with Crippen LogP contribution in [-0.4, -0.2) is 61.5 Å². The maximum absolute atomic E-state index is 12.1. The van der Waals surface area contributed by atoms with Crippen molar-refractivity contribution in [2.75, 3.05) is 44.5 Å². The summed E-state index contributed by atoms with van der Waals surface area (Å²) in [5.41, 5.74) is 0. The molecule has 0 aliphatic carbocycles. The van der Waals surface area contributed by atoms with E-state index in [2.05, 4.69) is 48.5 Å². The smallest absolute Gasteiger partial charge is 0.309 e. The second-order valence-corrected chi connectivity index (χ2v) is 16.7. The summed E-state index contributed by atoms with van der Waals surface area (Å²) in [6.45, 7) is 18.5. The number of esters is 2. The van der Waals surface area contributed by atoms with E-state index in [1.807, 2.05) is 0 Å². The summed E-state index contributed by atoms with van der Waals surface area (Å²) in [6, 6.07) is 0. The Balaban J connectivity index is 0. The Hall–Kier alpha value is -0.670. The summed E-state index contributed by atoms with van der Waals surface area (Å²) in [4.78, 5) is 24.0. The van der Waals surface area contributed by atoms with Gasteiger partial charge in [-0.1, -0.05) is 113 Å². The number of aliphatic hydroxyl groups excluding tert-OH is 1. The fraction of sp³-hybridized carbons (Fsp3) is 0.943. The number of carbonyl (C=O) groups is 2. The fourth-order valence-electron chi connectivity index (χ4n) is 5.11. The van der Waals surface area contributed by atoms with E-state index in [1.54, 1.807) is 6.92 Å². The summed E-state index contributed by atoms with van der Waals surface area (Å²) in [7, 11) is -0.796. The lowest BCUT2D eigenvalue weighted by Gasteiger charge is -2.27. The molecule has 0 aliphatic heterocycles. The molecule has 5 nitrogen and oxygen atoms in total. The zero-order valence-corrected chi connectivity index (χ0v) is 29.7. The van der Waals surface area contributed by atoms with Crippen molar-refractivity contribution >= 4 is 19.2 Å². The van der Waals surface area contributed by atoms with Crippen LogP contribution in [0, 0.1) is 17.8 Å². The van der Waals surface area contributed by atoms with Crippen LogP contribution in [0.5, 0.6) is 0 Å². The molecule has 0 bridgehead atoms. The van der Waals surface area contributed by atoms with Crippen LogP contribution in [0.25, 0.3) is 0 Å². The van der Waals surface area contributed by atoms with E-state index in [9.17, 15) is 14.7 Å². The molecule has 1 N–H and O–H groups in total. The van der Waals surface area contributed by atoms with Gasteiger partial charge in [0.1, 0.15) is 0 Å². The molecule has 0 amide bonds. The van der Waals surface area contributed by atoms with Crippen molar-refractivity contribution in [2.24, 2.45) is 17.8 Å². The van der Waals surface area contributed by atoms with Gasteiger partial charge in [0.15, 0.2) is 0 Å². The first-order valence-electron chi connectivity index (χ1n) is 17.5. The third-order valence-corrected chi connectivity index (χ3v) is 13.4. The van der Waals surface area contributed by atoms with Crippen molar-refractivity contribution in [3.63, 3.8) is 0 Å². The summed E-state index contributed by atoms with van der Waals surface area (Å²) in [5.74, 6) is -0.170. The van der Waals surface area contributed by atoms with Crippen molar-refractivity contribution in [1.29, 1.82) is 0 Å². The van der Waals surface area contributed by atoms with Crippen LogP contribution in [0.3, 0.4) is 0 Å². The molecule has 0 radical (unpaired) electrons. The number of hydrogen-bond acceptors (Lipinski definition) is 5. The van der Waals surface area contributed by atoms with Crippen molar-refractivity contribution in [3.8, 4) is 0 Å². The zero-order chi connectivity index (χ0) is 31.4. The molecule has 0 heterocycles. The van der Waals surface area contributed by atoms with Gasteiger partial charge in [0.05, 0.1) is 56.8 Å². The lowest BCUT2D eigenvalue weighted by atomic mass is 10.0. The largest absolute Gasteiger partial charge is 0.465 e. The standard InChI is InChI=1S/C21H40O4.C14H32OP/c1-6-10-12-18(8-3)15-24-20(22)14-17(5)21(23)25-16-19(9-4)13-11-7-2;1-4-7-11-16(14-10-15,12-8-5-2)13-9-6-3/h17-19H,6-16H2,1-5H3;15H,4-14H2,1-3H3/q;+1. The molecular weight excluding hydrogens is 531 g/mol. The molecule has 0 aliphatic rings. The summed E-state index contributed by atoms with van der Waals surface area (Å²) < 4.78 is 10.8. The van der Waals surface area contributed by atoms with Crippen molar-refractivity contribution in [1.82, 2.24) is 0 Å². The summed E-state index contributed by atoms with van der Waals surface area (Å²) in [6.07, 6.45) is 22.5. The average Bonchev–Trinajstić information content (AvgIpc) is 2.98. The van der Waals surface area contributed by atoms with Gasteiger partial charge in [-0.3, -0.25) is 9.59 Å². The van der Waals surface area contributed by atoms with Gasteiger partial charge in [0.2, 0.25) is 0 Å². The van der Waals surface area contributed by atoms with Crippen LogP contribution < -0.4 is 0 Å². The lowest BCUT2D eigenvalue weighted by molar-refractivity contribution is -0.156. The van der Waals surface area contributed by atoms with Crippen molar-refractivity contribution in [2.45, 2.75) is 152 Å². The molecule has 0 aromatic heterocycles. The van der Waals surface area contributed by atoms with Crippen LogP contribution in [-0.2, 0) is 19.1 Å². The Morgan fingerprint density at radius 2 is 1.05 bits per heavy atom. The fourth-order valence-corrected chi connectivity index (χ4v) is 9.83. The van der Waals surface area contributed by atoms with E-state index < -0.39 is 13.2 Å². The highest BCUT2D eigenvalue weighted by atomic mass is 31.2. The van der Waals surface area contributed by atoms with Gasteiger partial charge >= 0.3 is 11.9 Å². The van der Waals surface area contributed by atoms with Crippen LogP contribution in [0.2, 0.25) is 0 Å². The van der Waals surface area contributed by atoms with E-state index in [1.165, 1.54) is 57.0 Å². The van der Waals surface area contributed by atoms with E-state index in [0.29, 0.717) is 31.7 Å². The Morgan fingerprint density at radius 1 is 0.634 bits per heavy atom. The van der Waals surface area contributed by atoms with Gasteiger partial charge in [-0.2, -0.15) is 0 Å². The highest BCUT2D eigenvalue weighted by Crippen LogP contribution is 2.60. The molecule has 0 spiro atoms. The molecule has 41 heavy (non-hydrogen) atoms. The number of ether oxygens (including phenoxy) is 2. The van der Waals surface area contributed by atoms with E-state index in [4.69, 9.17) is 9.47 Å². The Bertz CT molecular complexity index is 575. The van der Waals surface area contributed by atoms with Crippen LogP contribution in [0.1, 0.15) is 152 Å². The monoisotopic (exact) mass is 604 g/mol. The number of unbranched alkanes of at least 4 members (excludes halogenated alkanes) is 5. The van der Waals surface area contributed by atoms with Gasteiger partial charge in [-0.15, -0.1) is 0 Å². The second-order valence-electron chi connectivity index (χ2n) is 12.3. The first-order valence-corrected chi connectivity index (χ1v) is 20.0. The SMILES string of the molecule is CCCCC(CC)COC(=O)CC(C)C(=O)OCC(CC)CCCC.CCCC[P+](CCO)(CCCC)CCCC. The predicted molar refractivity (Wildman–Crippen MR) is 181 cm³/mol. The normalized spacial score (nSPS) is 13.6. The van der Waals surface area contributed by atoms with Crippen LogP contribution in [0.4, 0.5) is 0 Å². The van der Waals surface area contributed by atoms with Gasteiger partial charge in [0.25, 0.3) is 0 Å². The average molecular weight is 604 g/mol. The van der Waals surface area contributed by atoms with Crippen molar-refractivity contribution in [3.05, 3.63) is 0 Å². The van der Waals surface area contributed by atoms with Crippen LogP contribution in [0.15, 0.2) is 0 Å². The minimum absolute atomic E-state index is 0.106. The lowest BCUT2D eigenvalue weighted by Crippen LogP contribution is -2.23. The van der Waals surface area contributed by atoms with E-state index in [-0.39, 0.29) is 18.4 Å². The molecule has 0 saturated heterocycles. The Labute approximate surface area is 257 Å². The molecule has 0 rings (SSSR count). The van der Waals surface area contributed by atoms with E-state index in [0.717, 1.165) is 57.5 Å². The molecule has 0 fully saturated rings.